The first-order valence-corrected chi connectivity index (χ1v) is 16.9. The molecule has 3 aliphatic heterocycles. The van der Waals surface area contributed by atoms with Gasteiger partial charge >= 0.3 is 0 Å². The highest BCUT2D eigenvalue weighted by Gasteiger charge is 2.33. The summed E-state index contributed by atoms with van der Waals surface area (Å²) < 4.78 is 6.37. The summed E-state index contributed by atoms with van der Waals surface area (Å²) in [6, 6.07) is 15.1. The Balaban J connectivity index is 1.08. The highest BCUT2D eigenvalue weighted by atomic mass is 16.5. The van der Waals surface area contributed by atoms with E-state index < -0.39 is 0 Å². The molecular weight excluding hydrogens is 576 g/mol. The second-order valence-electron chi connectivity index (χ2n) is 13.0. The minimum atomic E-state index is 0.00283. The van der Waals surface area contributed by atoms with Gasteiger partial charge < -0.3 is 24.5 Å². The molecule has 0 aliphatic carbocycles. The van der Waals surface area contributed by atoms with Gasteiger partial charge in [0.05, 0.1) is 35.0 Å². The maximum Gasteiger partial charge on any atom is 0.223 e. The number of carbonyl (C=O) groups is 2. The number of hydrogen-bond acceptors (Lipinski definition) is 5. The number of ether oxygens (including phenoxy) is 1. The number of benzene rings is 3. The molecule has 9 heteroatoms. The van der Waals surface area contributed by atoms with Gasteiger partial charge in [-0.2, -0.15) is 0 Å². The first-order chi connectivity index (χ1) is 22.5. The largest absolute Gasteiger partial charge is 0.488 e. The van der Waals surface area contributed by atoms with Crippen LogP contribution in [0.2, 0.25) is 0 Å². The summed E-state index contributed by atoms with van der Waals surface area (Å²) in [6.45, 7) is 6.17. The van der Waals surface area contributed by atoms with Crippen molar-refractivity contribution in [2.24, 2.45) is 0 Å². The van der Waals surface area contributed by atoms with E-state index in [0.29, 0.717) is 19.4 Å². The van der Waals surface area contributed by atoms with Gasteiger partial charge in [0.25, 0.3) is 0 Å². The van der Waals surface area contributed by atoms with E-state index in [9.17, 15) is 9.59 Å². The summed E-state index contributed by atoms with van der Waals surface area (Å²) in [5.74, 6) is 3.02. The highest BCUT2D eigenvalue weighted by molar-refractivity contribution is 6.07. The fraction of sp³-hybridized carbons (Fsp3) is 0.405. The summed E-state index contributed by atoms with van der Waals surface area (Å²) in [7, 11) is 0. The minimum Gasteiger partial charge on any atom is -0.488 e. The number of aromatic nitrogens is 4. The van der Waals surface area contributed by atoms with Crippen LogP contribution in [-0.2, 0) is 16.2 Å². The molecule has 9 nitrogen and oxygen atoms in total. The highest BCUT2D eigenvalue weighted by Crippen LogP contribution is 2.43. The van der Waals surface area contributed by atoms with Gasteiger partial charge in [-0.1, -0.05) is 32.0 Å². The predicted molar refractivity (Wildman–Crippen MR) is 178 cm³/mol. The fourth-order valence-electron chi connectivity index (χ4n) is 7.70. The van der Waals surface area contributed by atoms with Gasteiger partial charge in [-0.25, -0.2) is 9.97 Å². The van der Waals surface area contributed by atoms with Crippen LogP contribution in [0.1, 0.15) is 94.5 Å². The molecule has 3 aromatic carbocycles. The van der Waals surface area contributed by atoms with Crippen LogP contribution in [0.15, 0.2) is 48.7 Å². The van der Waals surface area contributed by atoms with Crippen molar-refractivity contribution >= 4 is 33.6 Å². The molecule has 46 heavy (non-hydrogen) atoms. The average Bonchev–Trinajstić information content (AvgIpc) is 3.89. The van der Waals surface area contributed by atoms with Gasteiger partial charge in [-0.3, -0.25) is 9.59 Å². The number of likely N-dealkylation sites (tertiary alicyclic amines) is 2. The van der Waals surface area contributed by atoms with Gasteiger partial charge in [0.1, 0.15) is 24.0 Å². The summed E-state index contributed by atoms with van der Waals surface area (Å²) in [5.41, 5.74) is 7.27. The van der Waals surface area contributed by atoms with Crippen molar-refractivity contribution < 1.29 is 14.3 Å². The van der Waals surface area contributed by atoms with Crippen molar-refractivity contribution in [2.75, 3.05) is 13.1 Å². The van der Waals surface area contributed by atoms with Crippen LogP contribution >= 0.6 is 0 Å². The van der Waals surface area contributed by atoms with Crippen molar-refractivity contribution in [3.05, 3.63) is 65.9 Å². The van der Waals surface area contributed by atoms with Crippen LogP contribution in [0, 0.1) is 0 Å². The zero-order valence-corrected chi connectivity index (χ0v) is 26.6. The Labute approximate surface area is 268 Å². The Kier molecular flexibility index (Phi) is 7.26. The first kappa shape index (κ1) is 28.8. The van der Waals surface area contributed by atoms with Crippen LogP contribution in [0.4, 0.5) is 0 Å². The SMILES string of the molecule is CCCC(=O)N1CCC[C@H]1c1ncc(-c2ccc3c(c2)COc2cc4c(ccc5[nH]c([C@@H]6CCCN6C(=O)CCC)nc54)cc2-3)[nH]1. The van der Waals surface area contributed by atoms with Gasteiger partial charge in [-0.05, 0) is 84.9 Å². The molecule has 236 valence electrons. The van der Waals surface area contributed by atoms with Crippen LogP contribution in [-0.4, -0.2) is 54.6 Å². The standard InChI is InChI=1S/C37H40N6O3/c1-3-7-33(44)42-15-5-9-30(42)36-38-20-29(40-36)23-11-13-25-24(17-23)21-46-32-19-26-22(18-27(25)32)12-14-28-35(26)41-37(39-28)31-10-6-16-43(31)34(45)8-4-2/h11-14,17-20,30-31H,3-10,15-16,21H2,1-2H3,(H,38,40)(H,39,41)/t30-,31-/m0/s1. The third-order valence-electron chi connectivity index (χ3n) is 9.98. The Morgan fingerprint density at radius 1 is 0.870 bits per heavy atom. The molecule has 0 spiro atoms. The van der Waals surface area contributed by atoms with E-state index in [-0.39, 0.29) is 23.9 Å². The fourth-order valence-corrected chi connectivity index (χ4v) is 7.70. The number of imidazole rings is 2. The van der Waals surface area contributed by atoms with E-state index in [4.69, 9.17) is 14.7 Å². The molecule has 5 heterocycles. The molecule has 3 aliphatic rings. The number of aromatic amines is 2. The van der Waals surface area contributed by atoms with Crippen LogP contribution in [0.5, 0.6) is 5.75 Å². The molecule has 2 amide bonds. The Morgan fingerprint density at radius 3 is 2.35 bits per heavy atom. The third kappa shape index (κ3) is 4.84. The molecule has 5 aromatic rings. The van der Waals surface area contributed by atoms with Crippen molar-refractivity contribution in [2.45, 2.75) is 83.9 Å². The number of hydrogen-bond donors (Lipinski definition) is 2. The Hall–Kier alpha value is -4.66. The van der Waals surface area contributed by atoms with Gasteiger partial charge in [0, 0.05) is 36.9 Å². The van der Waals surface area contributed by atoms with E-state index in [2.05, 4.69) is 59.4 Å². The maximum atomic E-state index is 12.8. The van der Waals surface area contributed by atoms with Gasteiger partial charge in [0.2, 0.25) is 11.8 Å². The van der Waals surface area contributed by atoms with Crippen molar-refractivity contribution in [3.63, 3.8) is 0 Å². The van der Waals surface area contributed by atoms with E-state index in [1.165, 1.54) is 0 Å². The maximum absolute atomic E-state index is 12.8. The van der Waals surface area contributed by atoms with E-state index in [1.807, 2.05) is 22.9 Å². The van der Waals surface area contributed by atoms with Gasteiger partial charge in [0.15, 0.2) is 0 Å². The molecule has 0 bridgehead atoms. The Morgan fingerprint density at radius 2 is 1.61 bits per heavy atom. The number of nitrogens with zero attached hydrogens (tertiary/aromatic N) is 4. The lowest BCUT2D eigenvalue weighted by Gasteiger charge is -2.23. The summed E-state index contributed by atoms with van der Waals surface area (Å²) in [4.78, 5) is 46.3. The minimum absolute atomic E-state index is 0.00283. The average molecular weight is 617 g/mol. The molecule has 2 N–H and O–H groups in total. The lowest BCUT2D eigenvalue weighted by Crippen LogP contribution is -2.30. The van der Waals surface area contributed by atoms with Crippen LogP contribution in [0.25, 0.3) is 44.2 Å². The van der Waals surface area contributed by atoms with Crippen molar-refractivity contribution in [1.29, 1.82) is 0 Å². The van der Waals surface area contributed by atoms with Crippen LogP contribution in [0.3, 0.4) is 0 Å². The van der Waals surface area contributed by atoms with Crippen molar-refractivity contribution in [3.8, 4) is 28.1 Å². The molecule has 8 rings (SSSR count). The normalized spacial score (nSPS) is 19.1. The number of carbonyl (C=O) groups excluding carboxylic acids is 2. The number of H-pyrrole nitrogens is 2. The molecule has 2 aromatic heterocycles. The topological polar surface area (TPSA) is 107 Å². The molecule has 0 radical (unpaired) electrons. The zero-order chi connectivity index (χ0) is 31.4. The number of fused-ring (bicyclic) bond motifs is 6. The first-order valence-electron chi connectivity index (χ1n) is 16.9. The third-order valence-corrected chi connectivity index (χ3v) is 9.98. The Bertz CT molecular complexity index is 1970. The summed E-state index contributed by atoms with van der Waals surface area (Å²) >= 11 is 0. The molecule has 0 saturated carbocycles. The number of rotatable bonds is 7. The second-order valence-corrected chi connectivity index (χ2v) is 13.0. The predicted octanol–water partition coefficient (Wildman–Crippen LogP) is 7.59. The van der Waals surface area contributed by atoms with E-state index in [0.717, 1.165) is 119 Å². The summed E-state index contributed by atoms with van der Waals surface area (Å²) in [5, 5.41) is 2.15. The van der Waals surface area contributed by atoms with Gasteiger partial charge in [-0.15, -0.1) is 0 Å². The lowest BCUT2D eigenvalue weighted by atomic mass is 9.92. The molecule has 2 fully saturated rings. The number of amides is 2. The lowest BCUT2D eigenvalue weighted by molar-refractivity contribution is -0.133. The second kappa shape index (κ2) is 11.6. The number of nitrogens with one attached hydrogen (secondary N) is 2. The molecular formula is C37H40N6O3. The van der Waals surface area contributed by atoms with E-state index in [1.54, 1.807) is 0 Å². The molecule has 0 unspecified atom stereocenters. The smallest absolute Gasteiger partial charge is 0.223 e. The molecule has 2 atom stereocenters. The molecule has 2 saturated heterocycles. The summed E-state index contributed by atoms with van der Waals surface area (Å²) in [6.07, 6.45) is 8.64. The van der Waals surface area contributed by atoms with Crippen molar-refractivity contribution in [1.82, 2.24) is 29.7 Å². The quantitative estimate of drug-likeness (QED) is 0.196. The van der Waals surface area contributed by atoms with E-state index >= 15 is 0 Å². The monoisotopic (exact) mass is 616 g/mol. The zero-order valence-electron chi connectivity index (χ0n) is 26.6. The van der Waals surface area contributed by atoms with Crippen LogP contribution < -0.4 is 4.74 Å².